The van der Waals surface area contributed by atoms with Gasteiger partial charge in [0, 0.05) is 31.5 Å². The predicted molar refractivity (Wildman–Crippen MR) is 90.2 cm³/mol. The van der Waals surface area contributed by atoms with Crippen LogP contribution >= 0.6 is 0 Å². The maximum Gasteiger partial charge on any atom is 0.252 e. The molecule has 1 aliphatic rings. The van der Waals surface area contributed by atoms with Gasteiger partial charge in [0.25, 0.3) is 5.91 Å². The van der Waals surface area contributed by atoms with E-state index < -0.39 is 0 Å². The summed E-state index contributed by atoms with van der Waals surface area (Å²) >= 11 is 0. The van der Waals surface area contributed by atoms with Crippen molar-refractivity contribution in [2.24, 2.45) is 7.05 Å². The number of amides is 2. The van der Waals surface area contributed by atoms with Crippen molar-refractivity contribution in [2.75, 3.05) is 6.54 Å². The summed E-state index contributed by atoms with van der Waals surface area (Å²) in [5, 5.41) is 2.91. The van der Waals surface area contributed by atoms with Crippen molar-refractivity contribution < 1.29 is 9.59 Å². The number of aromatic nitrogens is 2. The van der Waals surface area contributed by atoms with E-state index in [4.69, 9.17) is 0 Å². The van der Waals surface area contributed by atoms with Crippen LogP contribution in [0, 0.1) is 0 Å². The Hall–Kier alpha value is -2.63. The van der Waals surface area contributed by atoms with Gasteiger partial charge in [-0.15, -0.1) is 0 Å². The lowest BCUT2D eigenvalue weighted by Crippen LogP contribution is -2.34. The van der Waals surface area contributed by atoms with E-state index in [1.807, 2.05) is 47.8 Å². The van der Waals surface area contributed by atoms with Gasteiger partial charge in [-0.2, -0.15) is 0 Å². The van der Waals surface area contributed by atoms with Crippen LogP contribution in [0.1, 0.15) is 47.6 Å². The third kappa shape index (κ3) is 3.18. The Morgan fingerprint density at radius 1 is 1.38 bits per heavy atom. The molecule has 1 aromatic heterocycles. The molecule has 6 nitrogen and oxygen atoms in total. The molecule has 0 saturated heterocycles. The molecule has 0 aliphatic carbocycles. The van der Waals surface area contributed by atoms with Gasteiger partial charge in [0.15, 0.2) is 0 Å². The maximum absolute atomic E-state index is 12.8. The highest BCUT2D eigenvalue weighted by molar-refractivity contribution is 5.99. The van der Waals surface area contributed by atoms with Crippen molar-refractivity contribution in [3.8, 4) is 0 Å². The molecule has 1 aromatic carbocycles. The van der Waals surface area contributed by atoms with Crippen molar-refractivity contribution in [3.05, 3.63) is 53.6 Å². The molecule has 1 aliphatic heterocycles. The van der Waals surface area contributed by atoms with Crippen LogP contribution in [-0.4, -0.2) is 32.8 Å². The normalized spacial score (nSPS) is 15.9. The molecule has 2 heterocycles. The van der Waals surface area contributed by atoms with E-state index in [1.165, 1.54) is 0 Å². The highest BCUT2D eigenvalue weighted by atomic mass is 16.2. The maximum atomic E-state index is 12.8. The first-order chi connectivity index (χ1) is 11.6. The minimum absolute atomic E-state index is 0.0295. The quantitative estimate of drug-likeness (QED) is 0.883. The largest absolute Gasteiger partial charge is 0.345 e. The van der Waals surface area contributed by atoms with Crippen molar-refractivity contribution in [2.45, 2.75) is 32.4 Å². The summed E-state index contributed by atoms with van der Waals surface area (Å²) < 4.78 is 1.92. The van der Waals surface area contributed by atoms with Crippen LogP contribution in [0.5, 0.6) is 0 Å². The Kier molecular flexibility index (Phi) is 4.64. The second kappa shape index (κ2) is 6.86. The van der Waals surface area contributed by atoms with E-state index in [2.05, 4.69) is 10.3 Å². The van der Waals surface area contributed by atoms with E-state index in [1.54, 1.807) is 12.3 Å². The molecule has 3 rings (SSSR count). The number of aryl methyl sites for hydroxylation is 1. The molecular formula is C18H22N4O2. The molecule has 126 valence electrons. The summed E-state index contributed by atoms with van der Waals surface area (Å²) in [7, 11) is 1.92. The molecule has 2 aromatic rings. The number of fused-ring (bicyclic) bond motifs is 1. The standard InChI is InChI=1S/C18H22N4O2/c1-3-9-22(12-16-19-8-10-21(16)2)17(23)11-15-13-6-4-5-7-14(13)18(24)20-15/h4-8,10,15H,3,9,11-12H2,1-2H3,(H,20,24)/t15-/m0/s1. The fraction of sp³-hybridized carbons (Fsp3) is 0.389. The minimum atomic E-state index is -0.248. The van der Waals surface area contributed by atoms with Crippen LogP contribution in [0.2, 0.25) is 0 Å². The van der Waals surface area contributed by atoms with Gasteiger partial charge >= 0.3 is 0 Å². The summed E-state index contributed by atoms with van der Waals surface area (Å²) in [6.45, 7) is 3.21. The molecule has 0 fully saturated rings. The van der Waals surface area contributed by atoms with Crippen molar-refractivity contribution >= 4 is 11.8 Å². The van der Waals surface area contributed by atoms with Gasteiger partial charge in [0.05, 0.1) is 19.0 Å². The Bertz CT molecular complexity index is 753. The zero-order valence-corrected chi connectivity index (χ0v) is 14.0. The number of carbonyl (C=O) groups is 2. The van der Waals surface area contributed by atoms with Crippen LogP contribution in [0.3, 0.4) is 0 Å². The number of nitrogens with one attached hydrogen (secondary N) is 1. The lowest BCUT2D eigenvalue weighted by molar-refractivity contribution is -0.132. The van der Waals surface area contributed by atoms with Crippen molar-refractivity contribution in [1.29, 1.82) is 0 Å². The van der Waals surface area contributed by atoms with Gasteiger partial charge in [0.2, 0.25) is 5.91 Å². The molecule has 2 amide bonds. The highest BCUT2D eigenvalue weighted by Gasteiger charge is 2.31. The summed E-state index contributed by atoms with van der Waals surface area (Å²) in [5.41, 5.74) is 1.57. The zero-order chi connectivity index (χ0) is 17.1. The fourth-order valence-electron chi connectivity index (χ4n) is 3.07. The Morgan fingerprint density at radius 3 is 2.88 bits per heavy atom. The fourth-order valence-corrected chi connectivity index (χ4v) is 3.07. The third-order valence-electron chi connectivity index (χ3n) is 4.36. The minimum Gasteiger partial charge on any atom is -0.345 e. The van der Waals surface area contributed by atoms with E-state index in [0.717, 1.165) is 17.8 Å². The number of nitrogens with zero attached hydrogens (tertiary/aromatic N) is 3. The summed E-state index contributed by atoms with van der Waals surface area (Å²) in [6, 6.07) is 7.20. The van der Waals surface area contributed by atoms with Gasteiger partial charge in [-0.3, -0.25) is 9.59 Å². The molecule has 24 heavy (non-hydrogen) atoms. The van der Waals surface area contributed by atoms with Crippen LogP contribution in [0.15, 0.2) is 36.7 Å². The van der Waals surface area contributed by atoms with E-state index in [-0.39, 0.29) is 24.3 Å². The average molecular weight is 326 g/mol. The highest BCUT2D eigenvalue weighted by Crippen LogP contribution is 2.28. The summed E-state index contributed by atoms with van der Waals surface area (Å²) in [6.07, 6.45) is 4.76. The lowest BCUT2D eigenvalue weighted by Gasteiger charge is -2.23. The average Bonchev–Trinajstić information content (AvgIpc) is 3.11. The Morgan fingerprint density at radius 2 is 2.17 bits per heavy atom. The summed E-state index contributed by atoms with van der Waals surface area (Å²) in [4.78, 5) is 30.9. The first-order valence-electron chi connectivity index (χ1n) is 8.24. The molecule has 0 unspecified atom stereocenters. The first kappa shape index (κ1) is 16.2. The van der Waals surface area contributed by atoms with Gasteiger partial charge in [-0.25, -0.2) is 4.98 Å². The van der Waals surface area contributed by atoms with Crippen LogP contribution in [0.4, 0.5) is 0 Å². The third-order valence-corrected chi connectivity index (χ3v) is 4.36. The second-order valence-electron chi connectivity index (χ2n) is 6.09. The molecule has 0 radical (unpaired) electrons. The Labute approximate surface area is 141 Å². The van der Waals surface area contributed by atoms with Gasteiger partial charge in [-0.1, -0.05) is 25.1 Å². The van der Waals surface area contributed by atoms with Gasteiger partial charge < -0.3 is 14.8 Å². The molecule has 0 bridgehead atoms. The van der Waals surface area contributed by atoms with E-state index >= 15 is 0 Å². The molecular weight excluding hydrogens is 304 g/mol. The van der Waals surface area contributed by atoms with Crippen LogP contribution in [-0.2, 0) is 18.4 Å². The lowest BCUT2D eigenvalue weighted by atomic mass is 10.0. The molecule has 0 saturated carbocycles. The zero-order valence-electron chi connectivity index (χ0n) is 14.0. The number of carbonyl (C=O) groups excluding carboxylic acids is 2. The van der Waals surface area contributed by atoms with Crippen molar-refractivity contribution in [3.63, 3.8) is 0 Å². The first-order valence-corrected chi connectivity index (χ1v) is 8.24. The van der Waals surface area contributed by atoms with Gasteiger partial charge in [0.1, 0.15) is 5.82 Å². The number of rotatable bonds is 6. The van der Waals surface area contributed by atoms with Crippen molar-refractivity contribution in [1.82, 2.24) is 19.8 Å². The van der Waals surface area contributed by atoms with Gasteiger partial charge in [-0.05, 0) is 18.1 Å². The molecule has 0 spiro atoms. The number of benzene rings is 1. The predicted octanol–water partition coefficient (Wildman–Crippen LogP) is 2.03. The number of imidazole rings is 1. The van der Waals surface area contributed by atoms with Crippen LogP contribution in [0.25, 0.3) is 0 Å². The van der Waals surface area contributed by atoms with E-state index in [0.29, 0.717) is 18.7 Å². The smallest absolute Gasteiger partial charge is 0.252 e. The SMILES string of the molecule is CCCN(Cc1nccn1C)C(=O)C[C@@H]1NC(=O)c2ccccc21. The molecule has 1 atom stereocenters. The Balaban J connectivity index is 1.72. The second-order valence-corrected chi connectivity index (χ2v) is 6.09. The number of hydrogen-bond acceptors (Lipinski definition) is 3. The van der Waals surface area contributed by atoms with Crippen LogP contribution < -0.4 is 5.32 Å². The number of hydrogen-bond donors (Lipinski definition) is 1. The summed E-state index contributed by atoms with van der Waals surface area (Å²) in [5.74, 6) is 0.782. The monoisotopic (exact) mass is 326 g/mol. The molecule has 6 heteroatoms. The topological polar surface area (TPSA) is 67.2 Å². The van der Waals surface area contributed by atoms with E-state index in [9.17, 15) is 9.59 Å². The molecule has 1 N–H and O–H groups in total.